The van der Waals surface area contributed by atoms with Crippen LogP contribution in [0.25, 0.3) is 0 Å². The summed E-state index contributed by atoms with van der Waals surface area (Å²) in [4.78, 5) is 0. The molecule has 1 saturated carbocycles. The molecule has 1 fully saturated rings. The van der Waals surface area contributed by atoms with E-state index in [0.717, 1.165) is 0 Å². The SMILES string of the molecule is NC(CC(F)(F)F)c1ccc(C2CCCCC2)cc1. The molecule has 1 unspecified atom stereocenters. The zero-order valence-electron chi connectivity index (χ0n) is 10.9. The Kier molecular flexibility index (Phi) is 4.50. The fourth-order valence-electron chi connectivity index (χ4n) is 2.82. The van der Waals surface area contributed by atoms with Gasteiger partial charge in [-0.05, 0) is 29.9 Å². The van der Waals surface area contributed by atoms with E-state index in [9.17, 15) is 13.2 Å². The van der Waals surface area contributed by atoms with Crippen LogP contribution in [0.15, 0.2) is 24.3 Å². The Morgan fingerprint density at radius 2 is 1.63 bits per heavy atom. The highest BCUT2D eigenvalue weighted by atomic mass is 19.4. The third kappa shape index (κ3) is 4.23. The van der Waals surface area contributed by atoms with Gasteiger partial charge in [0.25, 0.3) is 0 Å². The maximum atomic E-state index is 12.3. The molecule has 1 aliphatic rings. The molecule has 1 nitrogen and oxygen atoms in total. The zero-order valence-corrected chi connectivity index (χ0v) is 10.9. The standard InChI is InChI=1S/C15H20F3N/c16-15(17,18)10-14(19)13-8-6-12(7-9-13)11-4-2-1-3-5-11/h6-9,11,14H,1-5,10,19H2. The highest BCUT2D eigenvalue weighted by Gasteiger charge is 2.30. The molecule has 19 heavy (non-hydrogen) atoms. The van der Waals surface area contributed by atoms with E-state index in [2.05, 4.69) is 0 Å². The monoisotopic (exact) mass is 271 g/mol. The second kappa shape index (κ2) is 5.95. The first-order valence-corrected chi connectivity index (χ1v) is 6.88. The minimum Gasteiger partial charge on any atom is -0.324 e. The molecule has 1 aliphatic carbocycles. The fourth-order valence-corrected chi connectivity index (χ4v) is 2.82. The average Bonchev–Trinajstić information content (AvgIpc) is 2.38. The molecule has 0 aromatic heterocycles. The van der Waals surface area contributed by atoms with Crippen molar-refractivity contribution in [2.45, 2.75) is 56.7 Å². The van der Waals surface area contributed by atoms with Gasteiger partial charge in [-0.15, -0.1) is 0 Å². The largest absolute Gasteiger partial charge is 0.390 e. The lowest BCUT2D eigenvalue weighted by Gasteiger charge is -2.22. The molecule has 0 aliphatic heterocycles. The van der Waals surface area contributed by atoms with Gasteiger partial charge in [0, 0.05) is 6.04 Å². The average molecular weight is 271 g/mol. The highest BCUT2D eigenvalue weighted by molar-refractivity contribution is 5.27. The normalized spacial score (nSPS) is 19.4. The molecule has 1 atom stereocenters. The van der Waals surface area contributed by atoms with Gasteiger partial charge in [0.15, 0.2) is 0 Å². The summed E-state index contributed by atoms with van der Waals surface area (Å²) in [5.41, 5.74) is 7.39. The molecule has 1 aromatic carbocycles. The summed E-state index contributed by atoms with van der Waals surface area (Å²) >= 11 is 0. The molecule has 2 N–H and O–H groups in total. The molecule has 106 valence electrons. The van der Waals surface area contributed by atoms with Crippen LogP contribution in [-0.2, 0) is 0 Å². The molecule has 0 bridgehead atoms. The van der Waals surface area contributed by atoms with Crippen LogP contribution in [0.2, 0.25) is 0 Å². The summed E-state index contributed by atoms with van der Waals surface area (Å²) in [5.74, 6) is 0.571. The summed E-state index contributed by atoms with van der Waals surface area (Å²) in [6, 6.07) is 6.43. The molecular weight excluding hydrogens is 251 g/mol. The van der Waals surface area contributed by atoms with Crippen LogP contribution in [-0.4, -0.2) is 6.18 Å². The van der Waals surface area contributed by atoms with Gasteiger partial charge in [-0.25, -0.2) is 0 Å². The molecule has 0 radical (unpaired) electrons. The quantitative estimate of drug-likeness (QED) is 0.848. The van der Waals surface area contributed by atoms with Crippen molar-refractivity contribution in [2.75, 3.05) is 0 Å². The van der Waals surface area contributed by atoms with E-state index in [0.29, 0.717) is 11.5 Å². The fraction of sp³-hybridized carbons (Fsp3) is 0.600. The Bertz CT molecular complexity index is 391. The van der Waals surface area contributed by atoms with Crippen LogP contribution < -0.4 is 5.73 Å². The van der Waals surface area contributed by atoms with Gasteiger partial charge in [-0.2, -0.15) is 13.2 Å². The molecule has 2 rings (SSSR count). The van der Waals surface area contributed by atoms with Crippen LogP contribution in [0.4, 0.5) is 13.2 Å². The third-order valence-electron chi connectivity index (χ3n) is 3.89. The topological polar surface area (TPSA) is 26.0 Å². The van der Waals surface area contributed by atoms with Crippen molar-refractivity contribution in [3.8, 4) is 0 Å². The molecule has 1 aromatic rings. The lowest BCUT2D eigenvalue weighted by molar-refractivity contribution is -0.138. The maximum absolute atomic E-state index is 12.3. The smallest absolute Gasteiger partial charge is 0.324 e. The van der Waals surface area contributed by atoms with Gasteiger partial charge in [0.1, 0.15) is 0 Å². The van der Waals surface area contributed by atoms with Gasteiger partial charge in [-0.1, -0.05) is 43.5 Å². The van der Waals surface area contributed by atoms with Crippen LogP contribution in [0.5, 0.6) is 0 Å². The van der Waals surface area contributed by atoms with Crippen molar-refractivity contribution in [2.24, 2.45) is 5.73 Å². The van der Waals surface area contributed by atoms with Crippen molar-refractivity contribution < 1.29 is 13.2 Å². The second-order valence-electron chi connectivity index (χ2n) is 5.43. The number of rotatable bonds is 3. The minimum atomic E-state index is -4.21. The predicted octanol–water partition coefficient (Wildman–Crippen LogP) is 4.69. The Hall–Kier alpha value is -1.03. The van der Waals surface area contributed by atoms with Gasteiger partial charge in [0.2, 0.25) is 0 Å². The molecule has 4 heteroatoms. The maximum Gasteiger partial charge on any atom is 0.390 e. The second-order valence-corrected chi connectivity index (χ2v) is 5.43. The Labute approximate surface area is 112 Å². The first-order chi connectivity index (χ1) is 8.96. The summed E-state index contributed by atoms with van der Waals surface area (Å²) in [6.45, 7) is 0. The molecule has 0 heterocycles. The van der Waals surface area contributed by atoms with E-state index in [4.69, 9.17) is 5.73 Å². The first-order valence-electron chi connectivity index (χ1n) is 6.88. The number of hydrogen-bond donors (Lipinski definition) is 1. The third-order valence-corrected chi connectivity index (χ3v) is 3.89. The predicted molar refractivity (Wildman–Crippen MR) is 69.9 cm³/mol. The number of benzene rings is 1. The van der Waals surface area contributed by atoms with E-state index >= 15 is 0 Å². The van der Waals surface area contributed by atoms with Crippen LogP contribution >= 0.6 is 0 Å². The molecule has 0 spiro atoms. The first kappa shape index (κ1) is 14.4. The zero-order chi connectivity index (χ0) is 13.9. The van der Waals surface area contributed by atoms with Crippen molar-refractivity contribution in [1.82, 2.24) is 0 Å². The van der Waals surface area contributed by atoms with Crippen molar-refractivity contribution in [3.05, 3.63) is 35.4 Å². The van der Waals surface area contributed by atoms with Gasteiger partial charge in [0.05, 0.1) is 6.42 Å². The minimum absolute atomic E-state index is 0.567. The van der Waals surface area contributed by atoms with Gasteiger partial charge >= 0.3 is 6.18 Å². The summed E-state index contributed by atoms with van der Waals surface area (Å²) < 4.78 is 36.8. The summed E-state index contributed by atoms with van der Waals surface area (Å²) in [5, 5.41) is 0. The molecular formula is C15H20F3N. The number of nitrogens with two attached hydrogens (primary N) is 1. The van der Waals surface area contributed by atoms with E-state index in [1.54, 1.807) is 12.1 Å². The van der Waals surface area contributed by atoms with Crippen LogP contribution in [0.1, 0.15) is 61.6 Å². The van der Waals surface area contributed by atoms with E-state index in [1.807, 2.05) is 12.1 Å². The van der Waals surface area contributed by atoms with E-state index < -0.39 is 18.6 Å². The Balaban J connectivity index is 2.01. The lowest BCUT2D eigenvalue weighted by Crippen LogP contribution is -2.20. The van der Waals surface area contributed by atoms with Crippen LogP contribution in [0, 0.1) is 0 Å². The van der Waals surface area contributed by atoms with E-state index in [-0.39, 0.29) is 0 Å². The summed E-state index contributed by atoms with van der Waals surface area (Å²) in [7, 11) is 0. The molecule has 0 saturated heterocycles. The number of alkyl halides is 3. The van der Waals surface area contributed by atoms with Gasteiger partial charge < -0.3 is 5.73 Å². The number of hydrogen-bond acceptors (Lipinski definition) is 1. The Morgan fingerprint density at radius 1 is 1.05 bits per heavy atom. The van der Waals surface area contributed by atoms with Crippen LogP contribution in [0.3, 0.4) is 0 Å². The summed E-state index contributed by atoms with van der Waals surface area (Å²) in [6.07, 6.45) is 1.00. The van der Waals surface area contributed by atoms with Crippen molar-refractivity contribution >= 4 is 0 Å². The van der Waals surface area contributed by atoms with Gasteiger partial charge in [-0.3, -0.25) is 0 Å². The van der Waals surface area contributed by atoms with Crippen molar-refractivity contribution in [1.29, 1.82) is 0 Å². The Morgan fingerprint density at radius 3 is 2.16 bits per heavy atom. The highest BCUT2D eigenvalue weighted by Crippen LogP contribution is 2.34. The lowest BCUT2D eigenvalue weighted by atomic mass is 9.83. The van der Waals surface area contributed by atoms with E-state index in [1.165, 1.54) is 37.7 Å². The molecule has 0 amide bonds. The van der Waals surface area contributed by atoms with Crippen molar-refractivity contribution in [3.63, 3.8) is 0 Å². The number of halogens is 3.